The Labute approximate surface area is 269 Å². The largest absolute Gasteiger partial charge is 2.00 e. The Bertz CT molecular complexity index is 1700. The van der Waals surface area contributed by atoms with Crippen molar-refractivity contribution in [3.05, 3.63) is 139 Å². The molecule has 0 radical (unpaired) electrons. The van der Waals surface area contributed by atoms with Crippen LogP contribution in [-0.2, 0) is 27.6 Å². The Balaban J connectivity index is 0.00000368. The fourth-order valence-corrected chi connectivity index (χ4v) is 5.48. The minimum Gasteiger partial charge on any atom is -0.511 e. The zero-order chi connectivity index (χ0) is 29.2. The van der Waals surface area contributed by atoms with Crippen LogP contribution in [0.2, 0.25) is 0 Å². The second kappa shape index (κ2) is 13.0. The summed E-state index contributed by atoms with van der Waals surface area (Å²) < 4.78 is 2.13. The Morgan fingerprint density at radius 2 is 1.65 bits per heavy atom. The van der Waals surface area contributed by atoms with Crippen LogP contribution in [-0.4, -0.2) is 31.4 Å². The molecule has 1 aliphatic heterocycles. The van der Waals surface area contributed by atoms with Crippen molar-refractivity contribution < 1.29 is 21.1 Å². The molecule has 7 heteroatoms. The van der Waals surface area contributed by atoms with Gasteiger partial charge in [-0.3, -0.25) is 4.98 Å². The Morgan fingerprint density at radius 3 is 2.35 bits per heavy atom. The molecule has 0 saturated heterocycles. The summed E-state index contributed by atoms with van der Waals surface area (Å²) in [6.07, 6.45) is 8.09. The van der Waals surface area contributed by atoms with Gasteiger partial charge in [0, 0.05) is 17.9 Å². The molecule has 1 aliphatic rings. The third kappa shape index (κ3) is 6.60. The van der Waals surface area contributed by atoms with Crippen molar-refractivity contribution in [3.8, 4) is 16.9 Å². The number of aromatic nitrogens is 3. The number of hydrogen-bond donors (Lipinski definition) is 0. The van der Waals surface area contributed by atoms with E-state index in [-0.39, 0.29) is 21.1 Å². The molecular weight excluding hydrogens is 712 g/mol. The summed E-state index contributed by atoms with van der Waals surface area (Å²) in [5, 5.41) is 0. The molecule has 0 saturated carbocycles. The zero-order valence-electron chi connectivity index (χ0n) is 25.2. The monoisotopic (exact) mass is 747 g/mol. The predicted octanol–water partition coefficient (Wildman–Crippen LogP) is 8.28. The summed E-state index contributed by atoms with van der Waals surface area (Å²) >= 11 is 0. The first kappa shape index (κ1) is 30.3. The van der Waals surface area contributed by atoms with Crippen LogP contribution in [0.1, 0.15) is 42.1 Å². The van der Waals surface area contributed by atoms with E-state index in [2.05, 4.69) is 122 Å². The quantitative estimate of drug-likeness (QED) is 0.150. The van der Waals surface area contributed by atoms with Gasteiger partial charge in [-0.1, -0.05) is 50.2 Å². The van der Waals surface area contributed by atoms with Gasteiger partial charge in [-0.15, -0.1) is 29.8 Å². The first-order chi connectivity index (χ1) is 20.4. The standard InChI is InChI=1S/C36H36N6.Pt/c1-26(2)30-19-27(3)36(28(4)20-30)41-23-34(37-24-41)29-11-9-15-33(21-29)42(32-13-7-6-8-14-32)35-16-10-12-31(38-35)22-40-18-17-39(5)25-40;/h6-20,23-26H,22H2,1-5H3;/q-2;+2. The topological polar surface area (TPSA) is 40.4 Å². The van der Waals surface area contributed by atoms with Gasteiger partial charge in [0.15, 0.2) is 0 Å². The summed E-state index contributed by atoms with van der Waals surface area (Å²) in [6.45, 7) is 11.6. The number of pyridine rings is 1. The first-order valence-electron chi connectivity index (χ1n) is 14.4. The van der Waals surface area contributed by atoms with Crippen LogP contribution in [0.5, 0.6) is 0 Å². The summed E-state index contributed by atoms with van der Waals surface area (Å²) in [7, 11) is 2.02. The molecule has 2 aromatic heterocycles. The molecular formula is C36H36N6Pt. The smallest absolute Gasteiger partial charge is 0.511 e. The van der Waals surface area contributed by atoms with Gasteiger partial charge in [-0.05, 0) is 92.1 Å². The zero-order valence-corrected chi connectivity index (χ0v) is 27.4. The maximum absolute atomic E-state index is 5.07. The number of anilines is 3. The fraction of sp³-hybridized carbons (Fsp3) is 0.194. The van der Waals surface area contributed by atoms with Gasteiger partial charge in [0.1, 0.15) is 5.82 Å². The van der Waals surface area contributed by atoms with Crippen LogP contribution in [0, 0.1) is 26.6 Å². The average Bonchev–Trinajstić information content (AvgIpc) is 3.63. The second-order valence-corrected chi connectivity index (χ2v) is 11.2. The summed E-state index contributed by atoms with van der Waals surface area (Å²) in [5.74, 6) is 1.33. The molecule has 6 nitrogen and oxygen atoms in total. The number of aryl methyl sites for hydroxylation is 2. The number of rotatable bonds is 8. The van der Waals surface area contributed by atoms with E-state index >= 15 is 0 Å². The third-order valence-electron chi connectivity index (χ3n) is 7.52. The van der Waals surface area contributed by atoms with Crippen LogP contribution in [0.4, 0.5) is 17.2 Å². The summed E-state index contributed by atoms with van der Waals surface area (Å²) in [5.41, 5.74) is 9.73. The van der Waals surface area contributed by atoms with Crippen molar-refractivity contribution in [2.24, 2.45) is 0 Å². The van der Waals surface area contributed by atoms with E-state index in [1.807, 2.05) is 48.7 Å². The Hall–Kier alpha value is -4.15. The minimum absolute atomic E-state index is 0. The van der Waals surface area contributed by atoms with Gasteiger partial charge in [0.05, 0.1) is 17.7 Å². The molecule has 0 amide bonds. The minimum atomic E-state index is 0. The van der Waals surface area contributed by atoms with Crippen molar-refractivity contribution >= 4 is 17.2 Å². The van der Waals surface area contributed by atoms with Gasteiger partial charge < -0.3 is 19.3 Å². The van der Waals surface area contributed by atoms with Crippen molar-refractivity contribution in [2.75, 3.05) is 11.9 Å². The second-order valence-electron chi connectivity index (χ2n) is 11.2. The summed E-state index contributed by atoms with van der Waals surface area (Å²) in [4.78, 5) is 16.2. The molecule has 5 aromatic rings. The van der Waals surface area contributed by atoms with E-state index < -0.39 is 0 Å². The van der Waals surface area contributed by atoms with E-state index in [1.54, 1.807) is 0 Å². The number of hydrogen-bond acceptors (Lipinski definition) is 5. The number of para-hydroxylation sites is 1. The van der Waals surface area contributed by atoms with Gasteiger partial charge >= 0.3 is 21.1 Å². The Morgan fingerprint density at radius 1 is 0.907 bits per heavy atom. The van der Waals surface area contributed by atoms with Crippen molar-refractivity contribution in [2.45, 2.75) is 40.2 Å². The normalized spacial score (nSPS) is 12.6. The molecule has 0 unspecified atom stereocenters. The van der Waals surface area contributed by atoms with E-state index in [0.717, 1.165) is 34.1 Å². The van der Waals surface area contributed by atoms with Gasteiger partial charge in [-0.25, -0.2) is 4.98 Å². The molecule has 0 aliphatic carbocycles. The van der Waals surface area contributed by atoms with E-state index in [0.29, 0.717) is 12.5 Å². The van der Waals surface area contributed by atoms with Gasteiger partial charge in [0.25, 0.3) is 0 Å². The molecule has 43 heavy (non-hydrogen) atoms. The van der Waals surface area contributed by atoms with Crippen molar-refractivity contribution in [3.63, 3.8) is 0 Å². The molecule has 0 atom stereocenters. The predicted molar refractivity (Wildman–Crippen MR) is 171 cm³/mol. The van der Waals surface area contributed by atoms with E-state index in [4.69, 9.17) is 9.97 Å². The SMILES string of the molecule is Cc1cc(C(C)C)cc(C)c1-n1cnc(-c2[c-]c(N(c3ccccc3)c3cccc(CN4C=CN(C)[CH-]4)n3)ccc2)c1.[Pt+2]. The number of benzene rings is 3. The molecule has 6 rings (SSSR count). The third-order valence-corrected chi connectivity index (χ3v) is 7.52. The first-order valence-corrected chi connectivity index (χ1v) is 14.4. The van der Waals surface area contributed by atoms with Crippen LogP contribution in [0.3, 0.4) is 0 Å². The molecule has 220 valence electrons. The molecule has 0 N–H and O–H groups in total. The maximum atomic E-state index is 5.07. The maximum Gasteiger partial charge on any atom is 2.00 e. The van der Waals surface area contributed by atoms with Gasteiger partial charge in [0.2, 0.25) is 0 Å². The van der Waals surface area contributed by atoms with Crippen molar-refractivity contribution in [1.29, 1.82) is 0 Å². The molecule has 0 fully saturated rings. The average molecular weight is 748 g/mol. The van der Waals surface area contributed by atoms with E-state index in [9.17, 15) is 0 Å². The molecule has 0 spiro atoms. The van der Waals surface area contributed by atoms with E-state index in [1.165, 1.54) is 22.4 Å². The molecule has 3 aromatic carbocycles. The van der Waals surface area contributed by atoms with Crippen LogP contribution in [0.25, 0.3) is 16.9 Å². The summed E-state index contributed by atoms with van der Waals surface area (Å²) in [6, 6.07) is 30.9. The van der Waals surface area contributed by atoms with Crippen LogP contribution in [0.15, 0.2) is 104 Å². The number of nitrogens with zero attached hydrogens (tertiary/aromatic N) is 6. The van der Waals surface area contributed by atoms with Gasteiger partial charge in [-0.2, -0.15) is 6.67 Å². The number of imidazole rings is 1. The Kier molecular flexibility index (Phi) is 9.17. The van der Waals surface area contributed by atoms with Crippen LogP contribution < -0.4 is 4.90 Å². The van der Waals surface area contributed by atoms with Crippen LogP contribution >= 0.6 is 0 Å². The van der Waals surface area contributed by atoms with Crippen molar-refractivity contribution in [1.82, 2.24) is 24.3 Å². The molecule has 3 heterocycles. The molecule has 0 bridgehead atoms. The fourth-order valence-electron chi connectivity index (χ4n) is 5.48.